The number of amides is 1. The molecule has 0 aromatic heterocycles. The van der Waals surface area contributed by atoms with Crippen molar-refractivity contribution < 1.29 is 14.3 Å². The minimum atomic E-state index is -0.0520. The maximum absolute atomic E-state index is 11.6. The number of ether oxygens (including phenoxy) is 2. The summed E-state index contributed by atoms with van der Waals surface area (Å²) in [5.74, 6) is 0.694. The first-order chi connectivity index (χ1) is 9.54. The van der Waals surface area contributed by atoms with Crippen molar-refractivity contribution in [3.05, 3.63) is 29.3 Å². The second-order valence-electron chi connectivity index (χ2n) is 4.86. The molecule has 5 heteroatoms. The number of benzene rings is 1. The topological polar surface area (TPSA) is 50.8 Å². The molecule has 0 bridgehead atoms. The van der Waals surface area contributed by atoms with E-state index in [1.165, 1.54) is 10.5 Å². The zero-order valence-electron chi connectivity index (χ0n) is 12.7. The Labute approximate surface area is 120 Å². The molecule has 0 radical (unpaired) electrons. The number of methoxy groups -OCH3 is 1. The molecule has 0 spiro atoms. The number of carbonyl (C=O) groups excluding carboxylic acids is 1. The quantitative estimate of drug-likeness (QED) is 0.727. The fourth-order valence-electron chi connectivity index (χ4n) is 1.65. The summed E-state index contributed by atoms with van der Waals surface area (Å²) in [5.41, 5.74) is 2.22. The number of hydrogen-bond donors (Lipinski definition) is 1. The molecular weight excluding hydrogens is 256 g/mol. The van der Waals surface area contributed by atoms with Gasteiger partial charge < -0.3 is 19.7 Å². The average Bonchev–Trinajstić information content (AvgIpc) is 2.42. The van der Waals surface area contributed by atoms with Gasteiger partial charge in [-0.05, 0) is 13.0 Å². The van der Waals surface area contributed by atoms with Gasteiger partial charge in [-0.25, -0.2) is 0 Å². The van der Waals surface area contributed by atoms with Crippen molar-refractivity contribution >= 4 is 5.91 Å². The van der Waals surface area contributed by atoms with Gasteiger partial charge in [-0.2, -0.15) is 0 Å². The molecule has 1 aromatic rings. The lowest BCUT2D eigenvalue weighted by Gasteiger charge is -2.15. The molecule has 1 aromatic carbocycles. The van der Waals surface area contributed by atoms with E-state index in [-0.39, 0.29) is 12.5 Å². The maximum atomic E-state index is 11.6. The Hall–Kier alpha value is -1.59. The number of carbonyl (C=O) groups is 1. The Kier molecular flexibility index (Phi) is 7.04. The van der Waals surface area contributed by atoms with Crippen LogP contribution in [0.4, 0.5) is 0 Å². The third-order valence-corrected chi connectivity index (χ3v) is 2.86. The van der Waals surface area contributed by atoms with Crippen LogP contribution in [0.25, 0.3) is 0 Å². The number of nitrogens with one attached hydrogen (secondary N) is 1. The van der Waals surface area contributed by atoms with Gasteiger partial charge in [0.2, 0.25) is 0 Å². The summed E-state index contributed by atoms with van der Waals surface area (Å²) in [6.07, 6.45) is 0. The highest BCUT2D eigenvalue weighted by molar-refractivity contribution is 5.77. The highest BCUT2D eigenvalue weighted by Crippen LogP contribution is 2.20. The van der Waals surface area contributed by atoms with E-state index >= 15 is 0 Å². The number of hydrogen-bond acceptors (Lipinski definition) is 4. The molecule has 0 heterocycles. The van der Waals surface area contributed by atoms with Crippen LogP contribution in [0.15, 0.2) is 18.2 Å². The van der Waals surface area contributed by atoms with Gasteiger partial charge in [-0.3, -0.25) is 4.79 Å². The molecule has 20 heavy (non-hydrogen) atoms. The second kappa shape index (κ2) is 8.55. The number of aryl methyl sites for hydroxylation is 1. The van der Waals surface area contributed by atoms with Crippen LogP contribution >= 0.6 is 0 Å². The van der Waals surface area contributed by atoms with Crippen LogP contribution in [0, 0.1) is 6.92 Å². The van der Waals surface area contributed by atoms with E-state index in [4.69, 9.17) is 9.47 Å². The van der Waals surface area contributed by atoms with Crippen molar-refractivity contribution in [3.63, 3.8) is 0 Å². The normalized spacial score (nSPS) is 10.4. The lowest BCUT2D eigenvalue weighted by atomic mass is 10.1. The molecule has 1 rings (SSSR count). The highest BCUT2D eigenvalue weighted by atomic mass is 16.5. The molecule has 5 nitrogen and oxygen atoms in total. The summed E-state index contributed by atoms with van der Waals surface area (Å²) < 4.78 is 10.6. The fourth-order valence-corrected chi connectivity index (χ4v) is 1.65. The lowest BCUT2D eigenvalue weighted by molar-refractivity contribution is -0.130. The Balaban J connectivity index is 2.62. The second-order valence-corrected chi connectivity index (χ2v) is 4.86. The number of rotatable bonds is 8. The van der Waals surface area contributed by atoms with Gasteiger partial charge in [0, 0.05) is 39.9 Å². The van der Waals surface area contributed by atoms with Gasteiger partial charge in [-0.1, -0.05) is 17.7 Å². The Morgan fingerprint density at radius 3 is 2.75 bits per heavy atom. The summed E-state index contributed by atoms with van der Waals surface area (Å²) >= 11 is 0. The first kappa shape index (κ1) is 16.5. The van der Waals surface area contributed by atoms with Crippen LogP contribution < -0.4 is 10.1 Å². The zero-order chi connectivity index (χ0) is 15.0. The summed E-state index contributed by atoms with van der Waals surface area (Å²) in [7, 11) is 5.11. The SMILES string of the molecule is COCCNCc1cc(C)ccc1OCC(=O)N(C)C. The van der Waals surface area contributed by atoms with Crippen LogP contribution in [-0.2, 0) is 16.1 Å². The number of nitrogens with zero attached hydrogens (tertiary/aromatic N) is 1. The van der Waals surface area contributed by atoms with Gasteiger partial charge in [0.1, 0.15) is 5.75 Å². The van der Waals surface area contributed by atoms with Crippen molar-refractivity contribution in [2.75, 3.05) is 41.0 Å². The molecule has 0 saturated carbocycles. The predicted octanol–water partition coefficient (Wildman–Crippen LogP) is 1.20. The molecule has 0 aliphatic carbocycles. The maximum Gasteiger partial charge on any atom is 0.259 e. The third kappa shape index (κ3) is 5.59. The highest BCUT2D eigenvalue weighted by Gasteiger charge is 2.08. The molecule has 0 atom stereocenters. The van der Waals surface area contributed by atoms with E-state index < -0.39 is 0 Å². The largest absolute Gasteiger partial charge is 0.483 e. The van der Waals surface area contributed by atoms with E-state index in [0.717, 1.165) is 17.9 Å². The van der Waals surface area contributed by atoms with Crippen LogP contribution in [0.2, 0.25) is 0 Å². The van der Waals surface area contributed by atoms with Crippen LogP contribution in [0.1, 0.15) is 11.1 Å². The molecule has 0 aliphatic rings. The Morgan fingerprint density at radius 1 is 1.35 bits per heavy atom. The van der Waals surface area contributed by atoms with Crippen LogP contribution in [0.3, 0.4) is 0 Å². The van der Waals surface area contributed by atoms with Gasteiger partial charge >= 0.3 is 0 Å². The van der Waals surface area contributed by atoms with Gasteiger partial charge in [-0.15, -0.1) is 0 Å². The van der Waals surface area contributed by atoms with Crippen molar-refractivity contribution in [2.24, 2.45) is 0 Å². The first-order valence-electron chi connectivity index (χ1n) is 6.66. The molecule has 1 N–H and O–H groups in total. The minimum absolute atomic E-state index is 0.0520. The smallest absolute Gasteiger partial charge is 0.259 e. The van der Waals surface area contributed by atoms with Gasteiger partial charge in [0.05, 0.1) is 6.61 Å². The molecule has 0 aliphatic heterocycles. The monoisotopic (exact) mass is 280 g/mol. The van der Waals surface area contributed by atoms with E-state index in [0.29, 0.717) is 13.2 Å². The summed E-state index contributed by atoms with van der Waals surface area (Å²) in [6, 6.07) is 5.95. The van der Waals surface area contributed by atoms with Crippen molar-refractivity contribution in [2.45, 2.75) is 13.5 Å². The minimum Gasteiger partial charge on any atom is -0.483 e. The molecule has 112 valence electrons. The molecule has 1 amide bonds. The predicted molar refractivity (Wildman–Crippen MR) is 79.0 cm³/mol. The van der Waals surface area contributed by atoms with Crippen molar-refractivity contribution in [3.8, 4) is 5.75 Å². The lowest BCUT2D eigenvalue weighted by Crippen LogP contribution is -2.28. The first-order valence-corrected chi connectivity index (χ1v) is 6.66. The molecule has 0 fully saturated rings. The van der Waals surface area contributed by atoms with Gasteiger partial charge in [0.15, 0.2) is 6.61 Å². The molecule has 0 unspecified atom stereocenters. The van der Waals surface area contributed by atoms with E-state index in [1.807, 2.05) is 19.1 Å². The molecular formula is C15H24N2O3. The van der Waals surface area contributed by atoms with E-state index in [2.05, 4.69) is 11.4 Å². The number of likely N-dealkylation sites (N-methyl/N-ethyl adjacent to an activating group) is 1. The average molecular weight is 280 g/mol. The van der Waals surface area contributed by atoms with E-state index in [1.54, 1.807) is 21.2 Å². The van der Waals surface area contributed by atoms with Gasteiger partial charge in [0.25, 0.3) is 5.91 Å². The van der Waals surface area contributed by atoms with Crippen LogP contribution in [0.5, 0.6) is 5.75 Å². The van der Waals surface area contributed by atoms with Crippen molar-refractivity contribution in [1.82, 2.24) is 10.2 Å². The standard InChI is InChI=1S/C15H24N2O3/c1-12-5-6-14(20-11-15(18)17(2)3)13(9-12)10-16-7-8-19-4/h5-6,9,16H,7-8,10-11H2,1-4H3. The molecule has 0 saturated heterocycles. The summed E-state index contributed by atoms with van der Waals surface area (Å²) in [6.45, 7) is 4.23. The van der Waals surface area contributed by atoms with E-state index in [9.17, 15) is 4.79 Å². The van der Waals surface area contributed by atoms with Crippen LogP contribution in [-0.4, -0.2) is 51.8 Å². The summed E-state index contributed by atoms with van der Waals surface area (Å²) in [4.78, 5) is 13.1. The fraction of sp³-hybridized carbons (Fsp3) is 0.533. The van der Waals surface area contributed by atoms with Crippen molar-refractivity contribution in [1.29, 1.82) is 0 Å². The zero-order valence-corrected chi connectivity index (χ0v) is 12.7. The Morgan fingerprint density at radius 2 is 2.10 bits per heavy atom. The Bertz CT molecular complexity index is 433. The summed E-state index contributed by atoms with van der Waals surface area (Å²) in [5, 5.41) is 3.28. The third-order valence-electron chi connectivity index (χ3n) is 2.86.